The van der Waals surface area contributed by atoms with E-state index in [4.69, 9.17) is 0 Å². The summed E-state index contributed by atoms with van der Waals surface area (Å²) >= 11 is 1.66. The molecule has 0 saturated carbocycles. The standard InChI is InChI=1S/C30H33N5OS/c1-3-33-17-19-34(20-18-33)29(36)26-13-11-25(12-14-26)22-37-30-32-31-28(21-24-7-5-4-6-8-24)35(30)27-15-9-23(2)10-16-27/h4-16H,3,17-22H2,1-2H3. The molecule has 1 fully saturated rings. The molecule has 7 heteroatoms. The summed E-state index contributed by atoms with van der Waals surface area (Å²) in [5, 5.41) is 9.98. The van der Waals surface area contributed by atoms with Crippen LogP contribution in [0.25, 0.3) is 5.69 Å². The van der Waals surface area contributed by atoms with Crippen LogP contribution in [0.5, 0.6) is 0 Å². The maximum atomic E-state index is 12.9. The minimum Gasteiger partial charge on any atom is -0.336 e. The minimum atomic E-state index is 0.125. The van der Waals surface area contributed by atoms with Gasteiger partial charge in [-0.25, -0.2) is 0 Å². The van der Waals surface area contributed by atoms with Crippen molar-refractivity contribution in [1.82, 2.24) is 24.6 Å². The van der Waals surface area contributed by atoms with Crippen LogP contribution in [0.1, 0.15) is 39.8 Å². The number of likely N-dealkylation sites (N-methyl/N-ethyl adjacent to an activating group) is 1. The van der Waals surface area contributed by atoms with Crippen molar-refractivity contribution in [1.29, 1.82) is 0 Å². The van der Waals surface area contributed by atoms with E-state index in [2.05, 4.69) is 94.2 Å². The molecule has 2 heterocycles. The summed E-state index contributed by atoms with van der Waals surface area (Å²) in [4.78, 5) is 17.3. The Morgan fingerprint density at radius 1 is 0.838 bits per heavy atom. The van der Waals surface area contributed by atoms with Crippen molar-refractivity contribution in [2.75, 3.05) is 32.7 Å². The number of rotatable bonds is 8. The van der Waals surface area contributed by atoms with Crippen LogP contribution in [0, 0.1) is 6.92 Å². The van der Waals surface area contributed by atoms with Gasteiger partial charge in [0.2, 0.25) is 0 Å². The summed E-state index contributed by atoms with van der Waals surface area (Å²) in [6, 6.07) is 26.9. The van der Waals surface area contributed by atoms with Gasteiger partial charge in [-0.2, -0.15) is 0 Å². The van der Waals surface area contributed by atoms with E-state index in [-0.39, 0.29) is 5.91 Å². The second kappa shape index (κ2) is 11.8. The first kappa shape index (κ1) is 25.2. The monoisotopic (exact) mass is 511 g/mol. The molecule has 0 radical (unpaired) electrons. The molecule has 37 heavy (non-hydrogen) atoms. The second-order valence-electron chi connectivity index (χ2n) is 9.44. The van der Waals surface area contributed by atoms with Crippen molar-refractivity contribution in [3.8, 4) is 5.69 Å². The van der Waals surface area contributed by atoms with Crippen LogP contribution in [0.2, 0.25) is 0 Å². The quantitative estimate of drug-likeness (QED) is 0.303. The average Bonchev–Trinajstić information content (AvgIpc) is 3.35. The lowest BCUT2D eigenvalue weighted by molar-refractivity contribution is 0.0643. The van der Waals surface area contributed by atoms with E-state index in [1.54, 1.807) is 11.8 Å². The van der Waals surface area contributed by atoms with Crippen LogP contribution in [0.15, 0.2) is 84.0 Å². The highest BCUT2D eigenvalue weighted by Gasteiger charge is 2.21. The second-order valence-corrected chi connectivity index (χ2v) is 10.4. The molecule has 0 atom stereocenters. The van der Waals surface area contributed by atoms with Crippen molar-refractivity contribution < 1.29 is 4.79 Å². The Balaban J connectivity index is 1.29. The summed E-state index contributed by atoms with van der Waals surface area (Å²) in [6.07, 6.45) is 0.714. The van der Waals surface area contributed by atoms with E-state index in [1.807, 2.05) is 23.1 Å². The van der Waals surface area contributed by atoms with Gasteiger partial charge in [0, 0.05) is 49.6 Å². The molecule has 0 N–H and O–H groups in total. The molecule has 3 aromatic carbocycles. The van der Waals surface area contributed by atoms with Crippen molar-refractivity contribution in [2.24, 2.45) is 0 Å². The van der Waals surface area contributed by atoms with Crippen LogP contribution >= 0.6 is 11.8 Å². The number of aromatic nitrogens is 3. The Labute approximate surface area is 223 Å². The molecule has 0 aliphatic carbocycles. The fourth-order valence-corrected chi connectivity index (χ4v) is 5.51. The third-order valence-electron chi connectivity index (χ3n) is 6.87. The molecule has 1 aromatic heterocycles. The number of piperazine rings is 1. The van der Waals surface area contributed by atoms with Gasteiger partial charge in [-0.05, 0) is 48.9 Å². The predicted octanol–water partition coefficient (Wildman–Crippen LogP) is 5.24. The number of nitrogens with zero attached hydrogens (tertiary/aromatic N) is 5. The summed E-state index contributed by atoms with van der Waals surface area (Å²) < 4.78 is 2.16. The first-order chi connectivity index (χ1) is 18.1. The average molecular weight is 512 g/mol. The molecule has 1 saturated heterocycles. The van der Waals surface area contributed by atoms with Crippen LogP contribution in [0.3, 0.4) is 0 Å². The number of carbonyl (C=O) groups is 1. The van der Waals surface area contributed by atoms with Crippen molar-refractivity contribution in [3.63, 3.8) is 0 Å². The molecule has 0 unspecified atom stereocenters. The van der Waals surface area contributed by atoms with Crippen molar-refractivity contribution in [3.05, 3.63) is 107 Å². The van der Waals surface area contributed by atoms with E-state index < -0.39 is 0 Å². The van der Waals surface area contributed by atoms with Crippen LogP contribution < -0.4 is 0 Å². The fourth-order valence-electron chi connectivity index (χ4n) is 4.58. The Bertz CT molecular complexity index is 1310. The normalized spacial score (nSPS) is 14.2. The molecule has 4 aromatic rings. The van der Waals surface area contributed by atoms with Crippen LogP contribution in [0.4, 0.5) is 0 Å². The van der Waals surface area contributed by atoms with Gasteiger partial charge < -0.3 is 9.80 Å². The molecule has 5 rings (SSSR count). The summed E-state index contributed by atoms with van der Waals surface area (Å²) in [5.74, 6) is 1.79. The molecular formula is C30H33N5OS. The molecule has 1 aliphatic rings. The van der Waals surface area contributed by atoms with Crippen LogP contribution in [-0.2, 0) is 12.2 Å². The Kier molecular flexibility index (Phi) is 8.02. The number of thioether (sulfide) groups is 1. The molecule has 190 valence electrons. The van der Waals surface area contributed by atoms with E-state index >= 15 is 0 Å². The molecular weight excluding hydrogens is 478 g/mol. The molecule has 0 spiro atoms. The Morgan fingerprint density at radius 2 is 1.54 bits per heavy atom. The van der Waals surface area contributed by atoms with Gasteiger partial charge in [0.1, 0.15) is 5.82 Å². The zero-order chi connectivity index (χ0) is 25.6. The van der Waals surface area contributed by atoms with Gasteiger partial charge in [-0.15, -0.1) is 10.2 Å². The van der Waals surface area contributed by atoms with Gasteiger partial charge >= 0.3 is 0 Å². The lowest BCUT2D eigenvalue weighted by Gasteiger charge is -2.34. The van der Waals surface area contributed by atoms with Gasteiger partial charge in [0.05, 0.1) is 0 Å². The van der Waals surface area contributed by atoms with Crippen molar-refractivity contribution >= 4 is 17.7 Å². The van der Waals surface area contributed by atoms with Gasteiger partial charge in [0.15, 0.2) is 5.16 Å². The topological polar surface area (TPSA) is 54.3 Å². The highest BCUT2D eigenvalue weighted by atomic mass is 32.2. The summed E-state index contributed by atoms with van der Waals surface area (Å²) in [5.41, 5.74) is 5.40. The number of hydrogen-bond donors (Lipinski definition) is 0. The number of amides is 1. The van der Waals surface area contributed by atoms with E-state index in [1.165, 1.54) is 11.1 Å². The van der Waals surface area contributed by atoms with E-state index in [9.17, 15) is 4.79 Å². The minimum absolute atomic E-state index is 0.125. The van der Waals surface area contributed by atoms with Crippen molar-refractivity contribution in [2.45, 2.75) is 31.2 Å². The van der Waals surface area contributed by atoms with Gasteiger partial charge in [0.25, 0.3) is 5.91 Å². The summed E-state index contributed by atoms with van der Waals surface area (Å²) in [6.45, 7) is 8.79. The molecule has 1 amide bonds. The SMILES string of the molecule is CCN1CCN(C(=O)c2ccc(CSc3nnc(Cc4ccccc4)n3-c3ccc(C)cc3)cc2)CC1. The zero-order valence-electron chi connectivity index (χ0n) is 21.5. The van der Waals surface area contributed by atoms with E-state index in [0.29, 0.717) is 6.42 Å². The highest BCUT2D eigenvalue weighted by Crippen LogP contribution is 2.27. The molecule has 6 nitrogen and oxygen atoms in total. The highest BCUT2D eigenvalue weighted by molar-refractivity contribution is 7.98. The maximum absolute atomic E-state index is 12.9. The number of aryl methyl sites for hydroxylation is 1. The summed E-state index contributed by atoms with van der Waals surface area (Å²) in [7, 11) is 0. The first-order valence-electron chi connectivity index (χ1n) is 12.9. The Morgan fingerprint density at radius 3 is 2.22 bits per heavy atom. The number of benzene rings is 3. The smallest absolute Gasteiger partial charge is 0.253 e. The number of hydrogen-bond acceptors (Lipinski definition) is 5. The third kappa shape index (κ3) is 6.12. The van der Waals surface area contributed by atoms with Crippen LogP contribution in [-0.4, -0.2) is 63.2 Å². The number of carbonyl (C=O) groups excluding carboxylic acids is 1. The molecule has 0 bridgehead atoms. The first-order valence-corrected chi connectivity index (χ1v) is 13.9. The van der Waals surface area contributed by atoms with Gasteiger partial charge in [-0.3, -0.25) is 9.36 Å². The predicted molar refractivity (Wildman–Crippen MR) is 149 cm³/mol. The maximum Gasteiger partial charge on any atom is 0.253 e. The lowest BCUT2D eigenvalue weighted by atomic mass is 10.1. The lowest BCUT2D eigenvalue weighted by Crippen LogP contribution is -2.48. The largest absolute Gasteiger partial charge is 0.336 e. The van der Waals surface area contributed by atoms with E-state index in [0.717, 1.165) is 66.3 Å². The zero-order valence-corrected chi connectivity index (χ0v) is 22.3. The third-order valence-corrected chi connectivity index (χ3v) is 7.87. The molecule has 1 aliphatic heterocycles. The van der Waals surface area contributed by atoms with Gasteiger partial charge in [-0.1, -0.05) is 78.8 Å². The Hall–Kier alpha value is -3.42. The fraction of sp³-hybridized carbons (Fsp3) is 0.300.